The molecule has 1 aromatic carbocycles. The van der Waals surface area contributed by atoms with Gasteiger partial charge in [0, 0.05) is 19.4 Å². The molecule has 1 saturated heterocycles. The number of hydrogen-bond acceptors (Lipinski definition) is 6. The number of hydrogen-bond donors (Lipinski definition) is 2. The van der Waals surface area contributed by atoms with Crippen LogP contribution in [0.2, 0.25) is 0 Å². The lowest BCUT2D eigenvalue weighted by Gasteiger charge is -2.23. The van der Waals surface area contributed by atoms with Gasteiger partial charge in [-0.15, -0.1) is 6.58 Å². The van der Waals surface area contributed by atoms with Crippen LogP contribution in [0.1, 0.15) is 12.8 Å². The molecule has 0 aliphatic carbocycles. The van der Waals surface area contributed by atoms with Crippen LogP contribution in [-0.4, -0.2) is 62.5 Å². The first-order chi connectivity index (χ1) is 11.9. The van der Waals surface area contributed by atoms with Gasteiger partial charge in [0.15, 0.2) is 9.84 Å². The molecule has 1 aliphatic rings. The van der Waals surface area contributed by atoms with E-state index in [1.54, 1.807) is 36.4 Å². The molecule has 1 fully saturated rings. The van der Waals surface area contributed by atoms with Crippen LogP contribution in [0.4, 0.5) is 0 Å². The molecule has 7 heteroatoms. The smallest absolute Gasteiger partial charge is 0.178 e. The Kier molecular flexibility index (Phi) is 7.15. The molecule has 0 saturated carbocycles. The topological polar surface area (TPSA) is 93.1 Å². The summed E-state index contributed by atoms with van der Waals surface area (Å²) in [5, 5.41) is 18.8. The third-order valence-electron chi connectivity index (χ3n) is 4.52. The van der Waals surface area contributed by atoms with Gasteiger partial charge in [-0.2, -0.15) is 0 Å². The predicted octanol–water partition coefficient (Wildman–Crippen LogP) is 1.18. The van der Waals surface area contributed by atoms with E-state index in [4.69, 9.17) is 14.6 Å². The molecule has 1 aromatic rings. The van der Waals surface area contributed by atoms with Gasteiger partial charge >= 0.3 is 0 Å². The summed E-state index contributed by atoms with van der Waals surface area (Å²) < 4.78 is 37.0. The van der Waals surface area contributed by atoms with E-state index < -0.39 is 28.1 Å². The first kappa shape index (κ1) is 20.1. The van der Waals surface area contributed by atoms with Gasteiger partial charge in [0.25, 0.3) is 0 Å². The van der Waals surface area contributed by atoms with Crippen molar-refractivity contribution in [3.05, 3.63) is 43.0 Å². The molecular weight excluding hydrogens is 344 g/mol. The number of aliphatic hydroxyl groups is 2. The monoisotopic (exact) mass is 370 g/mol. The van der Waals surface area contributed by atoms with Gasteiger partial charge in [0.1, 0.15) is 0 Å². The summed E-state index contributed by atoms with van der Waals surface area (Å²) in [6, 6.07) is 8.29. The highest BCUT2D eigenvalue weighted by molar-refractivity contribution is 7.91. The van der Waals surface area contributed by atoms with Crippen molar-refractivity contribution in [3.8, 4) is 0 Å². The molecule has 1 heterocycles. The zero-order chi connectivity index (χ0) is 18.4. The standard InChI is InChI=1S/C18H26O6S/c1-3-7-16-15(12-25(21,22)14-8-5-4-6-9-14)18(23-2)17(24-16)10-13(20)11-19/h3-6,8-9,13,15-20H,1,7,10-12H2,2H3/t13-,15-,16-,17+,18+/m0/s1. The molecule has 0 bridgehead atoms. The summed E-state index contributed by atoms with van der Waals surface area (Å²) in [5.41, 5.74) is 0. The average Bonchev–Trinajstić information content (AvgIpc) is 2.91. The Bertz CT molecular complexity index is 645. The average molecular weight is 370 g/mol. The molecule has 140 valence electrons. The maximum atomic E-state index is 12.8. The molecular formula is C18H26O6S. The number of rotatable bonds is 9. The lowest BCUT2D eigenvalue weighted by molar-refractivity contribution is -0.0394. The highest BCUT2D eigenvalue weighted by Gasteiger charge is 2.46. The fourth-order valence-corrected chi connectivity index (χ4v) is 5.00. The molecule has 0 spiro atoms. The summed E-state index contributed by atoms with van der Waals surface area (Å²) in [5.74, 6) is -0.496. The quantitative estimate of drug-likeness (QED) is 0.634. The van der Waals surface area contributed by atoms with Crippen molar-refractivity contribution < 1.29 is 28.1 Å². The highest BCUT2D eigenvalue weighted by Crippen LogP contribution is 2.35. The van der Waals surface area contributed by atoms with Crippen molar-refractivity contribution in [3.63, 3.8) is 0 Å². The summed E-state index contributed by atoms with van der Waals surface area (Å²) in [4.78, 5) is 0.265. The maximum absolute atomic E-state index is 12.8. The SMILES string of the molecule is C=CC[C@@H]1O[C@H](C[C@H](O)CO)[C@H](OC)[C@H]1CS(=O)(=O)c1ccccc1. The largest absolute Gasteiger partial charge is 0.394 e. The van der Waals surface area contributed by atoms with Crippen LogP contribution < -0.4 is 0 Å². The third kappa shape index (κ3) is 4.89. The first-order valence-corrected chi connectivity index (χ1v) is 9.94. The molecule has 5 atom stereocenters. The number of methoxy groups -OCH3 is 1. The second kappa shape index (κ2) is 8.91. The van der Waals surface area contributed by atoms with E-state index >= 15 is 0 Å². The van der Waals surface area contributed by atoms with Gasteiger partial charge in [-0.3, -0.25) is 0 Å². The maximum Gasteiger partial charge on any atom is 0.178 e. The van der Waals surface area contributed by atoms with Gasteiger partial charge in [0.2, 0.25) is 0 Å². The summed E-state index contributed by atoms with van der Waals surface area (Å²) in [6.45, 7) is 3.33. The Balaban J connectivity index is 2.23. The van der Waals surface area contributed by atoms with Crippen molar-refractivity contribution in [2.75, 3.05) is 19.5 Å². The van der Waals surface area contributed by atoms with E-state index in [0.29, 0.717) is 6.42 Å². The van der Waals surface area contributed by atoms with Gasteiger partial charge in [-0.1, -0.05) is 24.3 Å². The Hall–Kier alpha value is -1.25. The molecule has 1 aliphatic heterocycles. The van der Waals surface area contributed by atoms with Gasteiger partial charge in [-0.25, -0.2) is 8.42 Å². The minimum Gasteiger partial charge on any atom is -0.394 e. The Morgan fingerprint density at radius 2 is 2.00 bits per heavy atom. The lowest BCUT2D eigenvalue weighted by atomic mass is 9.94. The molecule has 6 nitrogen and oxygen atoms in total. The van der Waals surface area contributed by atoms with Crippen molar-refractivity contribution in [1.29, 1.82) is 0 Å². The molecule has 0 amide bonds. The fourth-order valence-electron chi connectivity index (χ4n) is 3.32. The van der Waals surface area contributed by atoms with Gasteiger partial charge in [-0.05, 0) is 18.6 Å². The molecule has 25 heavy (non-hydrogen) atoms. The zero-order valence-electron chi connectivity index (χ0n) is 14.3. The second-order valence-electron chi connectivity index (χ2n) is 6.27. The van der Waals surface area contributed by atoms with Crippen LogP contribution in [0.25, 0.3) is 0 Å². The first-order valence-electron chi connectivity index (χ1n) is 8.28. The van der Waals surface area contributed by atoms with Crippen molar-refractivity contribution in [1.82, 2.24) is 0 Å². The second-order valence-corrected chi connectivity index (χ2v) is 8.30. The highest BCUT2D eigenvalue weighted by atomic mass is 32.2. The van der Waals surface area contributed by atoms with E-state index in [-0.39, 0.29) is 35.7 Å². The van der Waals surface area contributed by atoms with Gasteiger partial charge in [0.05, 0.1) is 41.7 Å². The van der Waals surface area contributed by atoms with E-state index in [9.17, 15) is 13.5 Å². The van der Waals surface area contributed by atoms with Crippen LogP contribution in [-0.2, 0) is 19.3 Å². The number of sulfone groups is 1. The molecule has 2 N–H and O–H groups in total. The lowest BCUT2D eigenvalue weighted by Crippen LogP contribution is -2.36. The predicted molar refractivity (Wildman–Crippen MR) is 94.0 cm³/mol. The van der Waals surface area contributed by atoms with Crippen LogP contribution in [0.15, 0.2) is 47.9 Å². The van der Waals surface area contributed by atoms with E-state index in [0.717, 1.165) is 0 Å². The van der Waals surface area contributed by atoms with E-state index in [1.807, 2.05) is 0 Å². The zero-order valence-corrected chi connectivity index (χ0v) is 15.1. The van der Waals surface area contributed by atoms with Gasteiger partial charge < -0.3 is 19.7 Å². The summed E-state index contributed by atoms with van der Waals surface area (Å²) in [6.07, 6.45) is 0.0983. The summed E-state index contributed by atoms with van der Waals surface area (Å²) in [7, 11) is -2.00. The molecule has 2 rings (SSSR count). The third-order valence-corrected chi connectivity index (χ3v) is 6.33. The van der Waals surface area contributed by atoms with Crippen LogP contribution >= 0.6 is 0 Å². The summed E-state index contributed by atoms with van der Waals surface area (Å²) >= 11 is 0. The fraction of sp³-hybridized carbons (Fsp3) is 0.556. The van der Waals surface area contributed by atoms with Crippen LogP contribution in [0.3, 0.4) is 0 Å². The van der Waals surface area contributed by atoms with Crippen molar-refractivity contribution >= 4 is 9.84 Å². The molecule has 0 unspecified atom stereocenters. The number of benzene rings is 1. The minimum absolute atomic E-state index is 0.111. The Morgan fingerprint density at radius 1 is 1.32 bits per heavy atom. The normalized spacial score (nSPS) is 28.0. The number of ether oxygens (including phenoxy) is 2. The van der Waals surface area contributed by atoms with Crippen molar-refractivity contribution in [2.45, 2.75) is 42.2 Å². The minimum atomic E-state index is -3.50. The molecule has 0 aromatic heterocycles. The Labute approximate surface area is 149 Å². The van der Waals surface area contributed by atoms with E-state index in [1.165, 1.54) is 7.11 Å². The Morgan fingerprint density at radius 3 is 2.56 bits per heavy atom. The van der Waals surface area contributed by atoms with E-state index in [2.05, 4.69) is 6.58 Å². The molecule has 0 radical (unpaired) electrons. The van der Waals surface area contributed by atoms with Crippen LogP contribution in [0, 0.1) is 5.92 Å². The number of aliphatic hydroxyl groups excluding tert-OH is 2. The van der Waals surface area contributed by atoms with Crippen LogP contribution in [0.5, 0.6) is 0 Å². The van der Waals surface area contributed by atoms with Crippen molar-refractivity contribution in [2.24, 2.45) is 5.92 Å².